The van der Waals surface area contributed by atoms with Crippen LogP contribution in [0, 0.1) is 22.7 Å². The third-order valence-corrected chi connectivity index (χ3v) is 2.19. The average molecular weight is 192 g/mol. The molecule has 1 amide bonds. The Balaban J connectivity index is 2.54. The lowest BCUT2D eigenvalue weighted by atomic mass is 10.2. The topological polar surface area (TPSA) is 79.9 Å². The first kappa shape index (κ1) is 10.5. The van der Waals surface area contributed by atoms with Crippen molar-refractivity contribution in [1.82, 2.24) is 10.2 Å². The third kappa shape index (κ3) is 2.45. The molecule has 5 heteroatoms. The molecule has 1 N–H and O–H groups in total. The summed E-state index contributed by atoms with van der Waals surface area (Å²) in [5.41, 5.74) is 0. The molecule has 14 heavy (non-hydrogen) atoms. The van der Waals surface area contributed by atoms with Crippen LogP contribution < -0.4 is 5.32 Å². The minimum atomic E-state index is -0.198. The second-order valence-corrected chi connectivity index (χ2v) is 3.16. The number of nitriles is 2. The van der Waals surface area contributed by atoms with Crippen LogP contribution in [0.25, 0.3) is 0 Å². The molecule has 0 spiro atoms. The SMILES string of the molecule is N#CCN(CC#N)C(=O)C1CCCN1. The highest BCUT2D eigenvalue weighted by atomic mass is 16.2. The third-order valence-electron chi connectivity index (χ3n) is 2.19. The molecule has 1 atom stereocenters. The van der Waals surface area contributed by atoms with Crippen LogP contribution in [-0.2, 0) is 4.79 Å². The Kier molecular flexibility index (Phi) is 3.90. The molecule has 1 unspecified atom stereocenters. The van der Waals surface area contributed by atoms with Gasteiger partial charge in [0.2, 0.25) is 5.91 Å². The van der Waals surface area contributed by atoms with Gasteiger partial charge in [-0.3, -0.25) is 4.79 Å². The second-order valence-electron chi connectivity index (χ2n) is 3.16. The fourth-order valence-corrected chi connectivity index (χ4v) is 1.50. The average Bonchev–Trinajstić information content (AvgIpc) is 2.69. The van der Waals surface area contributed by atoms with Crippen molar-refractivity contribution < 1.29 is 4.79 Å². The molecular formula is C9H12N4O. The van der Waals surface area contributed by atoms with Gasteiger partial charge in [-0.15, -0.1) is 0 Å². The molecule has 5 nitrogen and oxygen atoms in total. The first-order chi connectivity index (χ1) is 6.79. The molecule has 0 aromatic heterocycles. The molecule has 0 bridgehead atoms. The van der Waals surface area contributed by atoms with E-state index in [0.29, 0.717) is 0 Å². The van der Waals surface area contributed by atoms with Gasteiger partial charge in [0.25, 0.3) is 0 Å². The summed E-state index contributed by atoms with van der Waals surface area (Å²) in [5, 5.41) is 20.0. The van der Waals surface area contributed by atoms with E-state index < -0.39 is 0 Å². The van der Waals surface area contributed by atoms with Gasteiger partial charge in [0.05, 0.1) is 18.2 Å². The number of amides is 1. The van der Waals surface area contributed by atoms with Crippen molar-refractivity contribution >= 4 is 5.91 Å². The minimum Gasteiger partial charge on any atom is -0.315 e. The molecule has 1 rings (SSSR count). The van der Waals surface area contributed by atoms with Crippen LogP contribution in [0.2, 0.25) is 0 Å². The maximum atomic E-state index is 11.7. The fraction of sp³-hybridized carbons (Fsp3) is 0.667. The monoisotopic (exact) mass is 192 g/mol. The summed E-state index contributed by atoms with van der Waals surface area (Å²) in [5.74, 6) is -0.134. The fourth-order valence-electron chi connectivity index (χ4n) is 1.50. The summed E-state index contributed by atoms with van der Waals surface area (Å²) in [6.45, 7) is 0.818. The highest BCUT2D eigenvalue weighted by Crippen LogP contribution is 2.08. The van der Waals surface area contributed by atoms with Gasteiger partial charge >= 0.3 is 0 Å². The van der Waals surface area contributed by atoms with Crippen LogP contribution in [0.3, 0.4) is 0 Å². The highest BCUT2D eigenvalue weighted by molar-refractivity contribution is 5.82. The van der Waals surface area contributed by atoms with E-state index in [1.165, 1.54) is 4.90 Å². The van der Waals surface area contributed by atoms with Crippen molar-refractivity contribution in [3.8, 4) is 12.1 Å². The lowest BCUT2D eigenvalue weighted by Gasteiger charge is -2.19. The Bertz CT molecular complexity index is 266. The molecule has 0 aliphatic carbocycles. The van der Waals surface area contributed by atoms with E-state index in [1.54, 1.807) is 0 Å². The van der Waals surface area contributed by atoms with Crippen LogP contribution in [0.15, 0.2) is 0 Å². The molecule has 1 aliphatic rings. The smallest absolute Gasteiger partial charge is 0.241 e. The molecule has 0 saturated carbocycles. The Morgan fingerprint density at radius 1 is 1.43 bits per heavy atom. The van der Waals surface area contributed by atoms with Crippen molar-refractivity contribution in [3.05, 3.63) is 0 Å². The molecule has 1 aliphatic heterocycles. The number of hydrogen-bond donors (Lipinski definition) is 1. The normalized spacial score (nSPS) is 19.7. The van der Waals surface area contributed by atoms with Crippen LogP contribution in [0.4, 0.5) is 0 Å². The summed E-state index contributed by atoms with van der Waals surface area (Å²) in [7, 11) is 0. The molecule has 0 radical (unpaired) electrons. The van der Waals surface area contributed by atoms with Crippen molar-refractivity contribution in [1.29, 1.82) is 10.5 Å². The molecule has 1 fully saturated rings. The maximum absolute atomic E-state index is 11.7. The molecular weight excluding hydrogens is 180 g/mol. The minimum absolute atomic E-state index is 0.00935. The largest absolute Gasteiger partial charge is 0.315 e. The number of rotatable bonds is 3. The van der Waals surface area contributed by atoms with Crippen molar-refractivity contribution in [2.24, 2.45) is 0 Å². The van der Waals surface area contributed by atoms with Gasteiger partial charge in [-0.1, -0.05) is 0 Å². The van der Waals surface area contributed by atoms with E-state index >= 15 is 0 Å². The molecule has 1 heterocycles. The number of hydrogen-bond acceptors (Lipinski definition) is 4. The Hall–Kier alpha value is -1.59. The summed E-state index contributed by atoms with van der Waals surface area (Å²) in [6.07, 6.45) is 1.77. The maximum Gasteiger partial charge on any atom is 0.241 e. The Morgan fingerprint density at radius 2 is 2.07 bits per heavy atom. The first-order valence-corrected chi connectivity index (χ1v) is 4.55. The second kappa shape index (κ2) is 5.21. The van der Waals surface area contributed by atoms with Gasteiger partial charge in [0.1, 0.15) is 13.1 Å². The van der Waals surface area contributed by atoms with E-state index in [9.17, 15) is 4.79 Å². The highest BCUT2D eigenvalue weighted by Gasteiger charge is 2.26. The van der Waals surface area contributed by atoms with E-state index in [4.69, 9.17) is 10.5 Å². The predicted octanol–water partition coefficient (Wildman–Crippen LogP) is -0.386. The molecule has 1 saturated heterocycles. The van der Waals surface area contributed by atoms with Gasteiger partial charge in [0.15, 0.2) is 0 Å². The quantitative estimate of drug-likeness (QED) is 0.618. The van der Waals surface area contributed by atoms with Crippen LogP contribution in [0.1, 0.15) is 12.8 Å². The standard InChI is InChI=1S/C9H12N4O/c10-3-6-13(7-4-11)9(14)8-2-1-5-12-8/h8,12H,1-2,5-7H2. The van der Waals surface area contributed by atoms with E-state index in [1.807, 2.05) is 12.1 Å². The van der Waals surface area contributed by atoms with Crippen LogP contribution in [-0.4, -0.2) is 36.5 Å². The number of nitrogens with one attached hydrogen (secondary N) is 1. The Labute approximate surface area is 82.9 Å². The van der Waals surface area contributed by atoms with Gasteiger partial charge in [0, 0.05) is 0 Å². The number of carbonyl (C=O) groups excluding carboxylic acids is 1. The van der Waals surface area contributed by atoms with E-state index in [0.717, 1.165) is 19.4 Å². The van der Waals surface area contributed by atoms with Gasteiger partial charge in [-0.25, -0.2) is 0 Å². The van der Waals surface area contributed by atoms with Gasteiger partial charge in [-0.2, -0.15) is 10.5 Å². The summed E-state index contributed by atoms with van der Waals surface area (Å²) >= 11 is 0. The lowest BCUT2D eigenvalue weighted by Crippen LogP contribution is -2.43. The van der Waals surface area contributed by atoms with E-state index in [-0.39, 0.29) is 25.0 Å². The van der Waals surface area contributed by atoms with Crippen molar-refractivity contribution in [2.45, 2.75) is 18.9 Å². The summed E-state index contributed by atoms with van der Waals surface area (Å²) < 4.78 is 0. The van der Waals surface area contributed by atoms with Crippen molar-refractivity contribution in [3.63, 3.8) is 0 Å². The molecule has 74 valence electrons. The predicted molar refractivity (Wildman–Crippen MR) is 48.8 cm³/mol. The summed E-state index contributed by atoms with van der Waals surface area (Å²) in [6, 6.07) is 3.57. The zero-order valence-electron chi connectivity index (χ0n) is 7.86. The Morgan fingerprint density at radius 3 is 2.50 bits per heavy atom. The number of carbonyl (C=O) groups is 1. The molecule has 0 aromatic carbocycles. The van der Waals surface area contributed by atoms with Crippen LogP contribution >= 0.6 is 0 Å². The van der Waals surface area contributed by atoms with Crippen LogP contribution in [0.5, 0.6) is 0 Å². The van der Waals surface area contributed by atoms with E-state index in [2.05, 4.69) is 5.32 Å². The van der Waals surface area contributed by atoms with Crippen molar-refractivity contribution in [2.75, 3.05) is 19.6 Å². The number of nitrogens with zero attached hydrogens (tertiary/aromatic N) is 3. The lowest BCUT2D eigenvalue weighted by molar-refractivity contribution is -0.131. The zero-order chi connectivity index (χ0) is 10.4. The molecule has 0 aromatic rings. The van der Waals surface area contributed by atoms with Gasteiger partial charge < -0.3 is 10.2 Å². The summed E-state index contributed by atoms with van der Waals surface area (Å²) in [4.78, 5) is 13.0. The first-order valence-electron chi connectivity index (χ1n) is 4.55. The van der Waals surface area contributed by atoms with Gasteiger partial charge in [-0.05, 0) is 19.4 Å². The zero-order valence-corrected chi connectivity index (χ0v) is 7.86.